The molecule has 0 spiro atoms. The van der Waals surface area contributed by atoms with Gasteiger partial charge in [0.05, 0.1) is 23.6 Å². The third-order valence-corrected chi connectivity index (χ3v) is 4.10. The molecule has 1 aromatic heterocycles. The summed E-state index contributed by atoms with van der Waals surface area (Å²) in [5.41, 5.74) is 6.16. The molecule has 1 aromatic carbocycles. The van der Waals surface area contributed by atoms with E-state index in [1.807, 2.05) is 0 Å². The fraction of sp³-hybridized carbons (Fsp3) is 0.154. The maximum Gasteiger partial charge on any atom is 0.280 e. The van der Waals surface area contributed by atoms with Crippen LogP contribution in [0.1, 0.15) is 5.56 Å². The Kier molecular flexibility index (Phi) is 4.53. The molecule has 0 atom stereocenters. The molecule has 0 saturated heterocycles. The highest BCUT2D eigenvalue weighted by Gasteiger charge is 2.17. The number of hydrogen-bond donors (Lipinski definition) is 2. The zero-order valence-corrected chi connectivity index (χ0v) is 12.7. The Hall–Kier alpha value is -2.01. The van der Waals surface area contributed by atoms with Crippen LogP contribution in [0.4, 0.5) is 5.69 Å². The highest BCUT2D eigenvalue weighted by atomic mass is 35.5. The summed E-state index contributed by atoms with van der Waals surface area (Å²) in [6, 6.07) is 4.67. The van der Waals surface area contributed by atoms with E-state index in [9.17, 15) is 8.42 Å². The number of anilines is 1. The van der Waals surface area contributed by atoms with Crippen molar-refractivity contribution < 1.29 is 8.42 Å². The molecular weight excluding hydrogens is 312 g/mol. The second-order valence-corrected chi connectivity index (χ2v) is 6.22. The van der Waals surface area contributed by atoms with Crippen molar-refractivity contribution in [3.63, 3.8) is 0 Å². The molecule has 0 aliphatic carbocycles. The summed E-state index contributed by atoms with van der Waals surface area (Å²) in [6.07, 6.45) is 2.82. The zero-order chi connectivity index (χ0) is 15.5. The van der Waals surface area contributed by atoms with E-state index in [0.29, 0.717) is 16.3 Å². The quantitative estimate of drug-likeness (QED) is 0.830. The van der Waals surface area contributed by atoms with Crippen molar-refractivity contribution >= 4 is 27.3 Å². The van der Waals surface area contributed by atoms with Gasteiger partial charge in [0, 0.05) is 18.8 Å². The van der Waals surface area contributed by atoms with Gasteiger partial charge in [0.25, 0.3) is 10.0 Å². The van der Waals surface area contributed by atoms with Crippen LogP contribution < -0.4 is 10.5 Å². The van der Waals surface area contributed by atoms with E-state index in [4.69, 9.17) is 17.3 Å². The number of halogens is 1. The number of imidazole rings is 1. The van der Waals surface area contributed by atoms with Gasteiger partial charge in [-0.25, -0.2) is 4.98 Å². The number of nitrogens with one attached hydrogen (secondary N) is 1. The summed E-state index contributed by atoms with van der Waals surface area (Å²) >= 11 is 5.99. The van der Waals surface area contributed by atoms with Gasteiger partial charge in [-0.2, -0.15) is 8.42 Å². The summed E-state index contributed by atoms with van der Waals surface area (Å²) in [5.74, 6) is 5.45. The van der Waals surface area contributed by atoms with Gasteiger partial charge < -0.3 is 10.3 Å². The van der Waals surface area contributed by atoms with Gasteiger partial charge in [-0.3, -0.25) is 4.72 Å². The van der Waals surface area contributed by atoms with Crippen molar-refractivity contribution in [1.82, 2.24) is 9.55 Å². The maximum absolute atomic E-state index is 12.1. The average molecular weight is 325 g/mol. The molecule has 0 radical (unpaired) electrons. The fourth-order valence-electron chi connectivity index (χ4n) is 1.57. The summed E-state index contributed by atoms with van der Waals surface area (Å²) in [6.45, 7) is 0.195. The lowest BCUT2D eigenvalue weighted by atomic mass is 10.2. The van der Waals surface area contributed by atoms with Crippen LogP contribution in [0.15, 0.2) is 35.7 Å². The number of aryl methyl sites for hydroxylation is 1. The molecule has 0 unspecified atom stereocenters. The van der Waals surface area contributed by atoms with Crippen LogP contribution in [-0.2, 0) is 17.1 Å². The molecule has 6 nitrogen and oxygen atoms in total. The Balaban J connectivity index is 2.31. The molecule has 8 heteroatoms. The molecule has 0 aliphatic heterocycles. The summed E-state index contributed by atoms with van der Waals surface area (Å²) < 4.78 is 28.3. The number of nitrogens with two attached hydrogens (primary N) is 1. The second kappa shape index (κ2) is 6.18. The monoisotopic (exact) mass is 324 g/mol. The Labute approximate surface area is 128 Å². The number of hydrogen-bond acceptors (Lipinski definition) is 4. The van der Waals surface area contributed by atoms with E-state index < -0.39 is 10.0 Å². The average Bonchev–Trinajstić information content (AvgIpc) is 2.86. The molecule has 0 bridgehead atoms. The van der Waals surface area contributed by atoms with Crippen molar-refractivity contribution in [1.29, 1.82) is 0 Å². The van der Waals surface area contributed by atoms with Crippen molar-refractivity contribution in [2.24, 2.45) is 12.8 Å². The molecule has 2 rings (SSSR count). The highest BCUT2D eigenvalue weighted by Crippen LogP contribution is 2.21. The van der Waals surface area contributed by atoms with Gasteiger partial charge in [0.1, 0.15) is 0 Å². The maximum atomic E-state index is 12.1. The molecule has 0 aliphatic rings. The van der Waals surface area contributed by atoms with Crippen molar-refractivity contribution in [2.45, 2.75) is 5.03 Å². The SMILES string of the molecule is Cn1cnc(S(=O)(=O)Nc2ccc(Cl)c(C#CCN)c2)c1. The molecule has 21 heavy (non-hydrogen) atoms. The first-order chi connectivity index (χ1) is 9.92. The van der Waals surface area contributed by atoms with Gasteiger partial charge in [0.15, 0.2) is 5.03 Å². The predicted molar refractivity (Wildman–Crippen MR) is 81.4 cm³/mol. The first kappa shape index (κ1) is 15.4. The molecule has 3 N–H and O–H groups in total. The highest BCUT2D eigenvalue weighted by molar-refractivity contribution is 7.92. The smallest absolute Gasteiger partial charge is 0.280 e. The number of sulfonamides is 1. The van der Waals surface area contributed by atoms with Crippen LogP contribution in [0, 0.1) is 11.8 Å². The number of rotatable bonds is 3. The number of benzene rings is 1. The third kappa shape index (κ3) is 3.76. The first-order valence-electron chi connectivity index (χ1n) is 5.91. The summed E-state index contributed by atoms with van der Waals surface area (Å²) in [7, 11) is -2.05. The minimum Gasteiger partial charge on any atom is -0.339 e. The van der Waals surface area contributed by atoms with E-state index in [2.05, 4.69) is 21.5 Å². The Morgan fingerprint density at radius 3 is 2.86 bits per heavy atom. The largest absolute Gasteiger partial charge is 0.339 e. The van der Waals surface area contributed by atoms with Gasteiger partial charge in [-0.15, -0.1) is 0 Å². The van der Waals surface area contributed by atoms with Gasteiger partial charge in [-0.1, -0.05) is 23.4 Å². The van der Waals surface area contributed by atoms with E-state index in [1.54, 1.807) is 29.8 Å². The molecule has 1 heterocycles. The minimum atomic E-state index is -3.74. The van der Waals surface area contributed by atoms with E-state index in [0.717, 1.165) is 0 Å². The van der Waals surface area contributed by atoms with Crippen LogP contribution in [0.5, 0.6) is 0 Å². The van der Waals surface area contributed by atoms with Crippen LogP contribution in [-0.4, -0.2) is 24.5 Å². The molecule has 0 fully saturated rings. The van der Waals surface area contributed by atoms with Crippen molar-refractivity contribution in [2.75, 3.05) is 11.3 Å². The lowest BCUT2D eigenvalue weighted by molar-refractivity contribution is 0.598. The minimum absolute atomic E-state index is 0.0606. The topological polar surface area (TPSA) is 90.0 Å². The molecule has 0 saturated carbocycles. The Morgan fingerprint density at radius 1 is 1.48 bits per heavy atom. The second-order valence-electron chi connectivity index (χ2n) is 4.18. The summed E-state index contributed by atoms with van der Waals surface area (Å²) in [5, 5.41) is 0.367. The van der Waals surface area contributed by atoms with E-state index in [-0.39, 0.29) is 11.6 Å². The Bertz CT molecular complexity index is 818. The first-order valence-corrected chi connectivity index (χ1v) is 7.78. The fourth-order valence-corrected chi connectivity index (χ4v) is 2.76. The number of aromatic nitrogens is 2. The zero-order valence-electron chi connectivity index (χ0n) is 11.2. The van der Waals surface area contributed by atoms with Crippen LogP contribution in [0.25, 0.3) is 0 Å². The van der Waals surface area contributed by atoms with Gasteiger partial charge in [0.2, 0.25) is 0 Å². The lowest BCUT2D eigenvalue weighted by Crippen LogP contribution is -2.13. The predicted octanol–water partition coefficient (Wildman–Crippen LogP) is 1.18. The van der Waals surface area contributed by atoms with Crippen LogP contribution in [0.3, 0.4) is 0 Å². The Morgan fingerprint density at radius 2 is 2.24 bits per heavy atom. The van der Waals surface area contributed by atoms with Crippen LogP contribution in [0.2, 0.25) is 5.02 Å². The number of nitrogens with zero attached hydrogens (tertiary/aromatic N) is 2. The molecular formula is C13H13ClN4O2S. The normalized spacial score (nSPS) is 10.8. The molecule has 0 amide bonds. The van der Waals surface area contributed by atoms with Gasteiger partial charge in [-0.05, 0) is 18.2 Å². The van der Waals surface area contributed by atoms with Crippen molar-refractivity contribution in [3.8, 4) is 11.8 Å². The third-order valence-electron chi connectivity index (χ3n) is 2.50. The van der Waals surface area contributed by atoms with Gasteiger partial charge >= 0.3 is 0 Å². The molecule has 2 aromatic rings. The molecule has 110 valence electrons. The van der Waals surface area contributed by atoms with Crippen LogP contribution >= 0.6 is 11.6 Å². The summed E-state index contributed by atoms with van der Waals surface area (Å²) in [4.78, 5) is 3.82. The standard InChI is InChI=1S/C13H13ClN4O2S/c1-18-8-13(16-9-18)21(19,20)17-11-4-5-12(14)10(7-11)3-2-6-15/h4-5,7-9,17H,6,15H2,1H3. The lowest BCUT2D eigenvalue weighted by Gasteiger charge is -2.07. The van der Waals surface area contributed by atoms with Crippen molar-refractivity contribution in [3.05, 3.63) is 41.3 Å². The van der Waals surface area contributed by atoms with E-state index in [1.165, 1.54) is 12.5 Å². The van der Waals surface area contributed by atoms with E-state index >= 15 is 0 Å².